The first kappa shape index (κ1) is 22.8. The quantitative estimate of drug-likeness (QED) is 0.310. The number of nitrogens with zero attached hydrogens (tertiary/aromatic N) is 3. The van der Waals surface area contributed by atoms with E-state index in [2.05, 4.69) is 10.4 Å². The number of aromatic nitrogens is 2. The van der Waals surface area contributed by atoms with E-state index in [4.69, 9.17) is 21.1 Å². The number of amides is 1. The predicted molar refractivity (Wildman–Crippen MR) is 116 cm³/mol. The molecule has 3 aromatic rings. The van der Waals surface area contributed by atoms with Crippen LogP contribution >= 0.6 is 11.6 Å². The number of halogens is 1. The number of carbonyl (C=O) groups excluding carboxylic acids is 2. The molecule has 0 aliphatic rings. The van der Waals surface area contributed by atoms with Crippen LogP contribution in [0.15, 0.2) is 48.5 Å². The molecular weight excluding hydrogens is 440 g/mol. The lowest BCUT2D eigenvalue weighted by Gasteiger charge is -2.08. The van der Waals surface area contributed by atoms with Crippen molar-refractivity contribution in [1.82, 2.24) is 9.78 Å². The van der Waals surface area contributed by atoms with Gasteiger partial charge in [-0.1, -0.05) is 41.9 Å². The third kappa shape index (κ3) is 5.22. The van der Waals surface area contributed by atoms with E-state index in [0.29, 0.717) is 12.2 Å². The summed E-state index contributed by atoms with van der Waals surface area (Å²) in [5, 5.41) is 17.9. The molecule has 0 aliphatic heterocycles. The number of carbonyl (C=O) groups is 2. The minimum atomic E-state index is -0.828. The second kappa shape index (κ2) is 9.92. The Hall–Kier alpha value is -3.92. The summed E-state index contributed by atoms with van der Waals surface area (Å²) in [6.07, 6.45) is 0. The van der Waals surface area contributed by atoms with Crippen LogP contribution in [0.3, 0.4) is 0 Å². The molecule has 166 valence electrons. The highest BCUT2D eigenvalue weighted by atomic mass is 35.5. The number of hydrogen-bond donors (Lipinski definition) is 1. The van der Waals surface area contributed by atoms with E-state index >= 15 is 0 Å². The third-order valence-corrected chi connectivity index (χ3v) is 4.84. The van der Waals surface area contributed by atoms with Gasteiger partial charge in [0.05, 0.1) is 30.3 Å². The van der Waals surface area contributed by atoms with Gasteiger partial charge in [0.1, 0.15) is 22.2 Å². The van der Waals surface area contributed by atoms with Crippen LogP contribution in [0.4, 0.5) is 11.4 Å². The molecule has 11 heteroatoms. The van der Waals surface area contributed by atoms with Gasteiger partial charge in [0.2, 0.25) is 0 Å². The summed E-state index contributed by atoms with van der Waals surface area (Å²) in [6, 6.07) is 13.4. The van der Waals surface area contributed by atoms with Gasteiger partial charge in [-0.15, -0.1) is 0 Å². The molecule has 10 nitrogen and oxygen atoms in total. The van der Waals surface area contributed by atoms with Crippen LogP contribution in [0.2, 0.25) is 5.15 Å². The molecule has 0 aliphatic carbocycles. The maximum atomic E-state index is 12.5. The Bertz CT molecular complexity index is 1160. The van der Waals surface area contributed by atoms with Crippen molar-refractivity contribution >= 4 is 34.9 Å². The first-order valence-electron chi connectivity index (χ1n) is 9.36. The van der Waals surface area contributed by atoms with Crippen molar-refractivity contribution in [3.63, 3.8) is 0 Å². The first-order chi connectivity index (χ1) is 15.3. The highest BCUT2D eigenvalue weighted by Gasteiger charge is 2.23. The van der Waals surface area contributed by atoms with Crippen LogP contribution in [0.25, 0.3) is 0 Å². The Balaban J connectivity index is 1.66. The SMILES string of the molecule is COc1ccc(NC(=O)COC(=O)c2c(C)nn(Cc3ccccc3)c2Cl)c([N+](=O)[O-])c1. The van der Waals surface area contributed by atoms with Crippen molar-refractivity contribution in [2.75, 3.05) is 19.0 Å². The first-order valence-corrected chi connectivity index (χ1v) is 9.74. The summed E-state index contributed by atoms with van der Waals surface area (Å²) in [7, 11) is 1.37. The number of methoxy groups -OCH3 is 1. The molecule has 3 rings (SSSR count). The summed E-state index contributed by atoms with van der Waals surface area (Å²) in [4.78, 5) is 35.3. The van der Waals surface area contributed by atoms with Crippen molar-refractivity contribution in [3.05, 3.63) is 80.6 Å². The van der Waals surface area contributed by atoms with Crippen LogP contribution in [-0.4, -0.2) is 40.3 Å². The summed E-state index contributed by atoms with van der Waals surface area (Å²) in [5.41, 5.74) is 0.928. The standard InChI is InChI=1S/C21H19ClN4O6/c1-13-19(20(22)25(24-13)11-14-6-4-3-5-7-14)21(28)32-12-18(27)23-16-9-8-15(31-2)10-17(16)26(29)30/h3-10H,11-12H2,1-2H3,(H,23,27). The van der Waals surface area contributed by atoms with E-state index < -0.39 is 23.4 Å². The Morgan fingerprint density at radius 2 is 1.94 bits per heavy atom. The lowest BCUT2D eigenvalue weighted by molar-refractivity contribution is -0.384. The van der Waals surface area contributed by atoms with E-state index in [1.54, 1.807) is 6.92 Å². The van der Waals surface area contributed by atoms with Gasteiger partial charge in [-0.3, -0.25) is 14.9 Å². The van der Waals surface area contributed by atoms with Gasteiger partial charge in [-0.05, 0) is 24.6 Å². The van der Waals surface area contributed by atoms with Gasteiger partial charge < -0.3 is 14.8 Å². The molecule has 0 saturated heterocycles. The Morgan fingerprint density at radius 1 is 1.22 bits per heavy atom. The maximum Gasteiger partial charge on any atom is 0.343 e. The van der Waals surface area contributed by atoms with Crippen LogP contribution < -0.4 is 10.1 Å². The van der Waals surface area contributed by atoms with Crippen LogP contribution in [0, 0.1) is 17.0 Å². The summed E-state index contributed by atoms with van der Waals surface area (Å²) in [5.74, 6) is -1.32. The number of ether oxygens (including phenoxy) is 2. The van der Waals surface area contributed by atoms with Crippen molar-refractivity contribution in [2.45, 2.75) is 13.5 Å². The molecule has 1 aromatic heterocycles. The smallest absolute Gasteiger partial charge is 0.343 e. The van der Waals surface area contributed by atoms with Crippen LogP contribution in [0.5, 0.6) is 5.75 Å². The summed E-state index contributed by atoms with van der Waals surface area (Å²) in [6.45, 7) is 1.29. The minimum Gasteiger partial charge on any atom is -0.496 e. The predicted octanol–water partition coefficient (Wildman–Crippen LogP) is 3.61. The number of hydrogen-bond acceptors (Lipinski definition) is 7. The molecular formula is C21H19ClN4O6. The molecule has 0 saturated carbocycles. The van der Waals surface area contributed by atoms with E-state index in [0.717, 1.165) is 5.56 Å². The lowest BCUT2D eigenvalue weighted by Crippen LogP contribution is -2.21. The summed E-state index contributed by atoms with van der Waals surface area (Å²) < 4.78 is 11.5. The van der Waals surface area contributed by atoms with Crippen molar-refractivity contribution < 1.29 is 24.0 Å². The topological polar surface area (TPSA) is 126 Å². The van der Waals surface area contributed by atoms with Crippen molar-refractivity contribution in [2.24, 2.45) is 0 Å². The molecule has 0 spiro atoms. The number of nitrogens with one attached hydrogen (secondary N) is 1. The van der Waals surface area contributed by atoms with Gasteiger partial charge in [0.15, 0.2) is 6.61 Å². The number of benzene rings is 2. The molecule has 0 atom stereocenters. The lowest BCUT2D eigenvalue weighted by atomic mass is 10.2. The van der Waals surface area contributed by atoms with Crippen LogP contribution in [0.1, 0.15) is 21.6 Å². The number of rotatable bonds is 8. The average Bonchev–Trinajstić information content (AvgIpc) is 3.05. The van der Waals surface area contributed by atoms with Crippen LogP contribution in [-0.2, 0) is 16.1 Å². The van der Waals surface area contributed by atoms with Crippen molar-refractivity contribution in [3.8, 4) is 5.75 Å². The minimum absolute atomic E-state index is 0.0471. The monoisotopic (exact) mass is 458 g/mol. The number of aryl methyl sites for hydroxylation is 1. The molecule has 0 unspecified atom stereocenters. The van der Waals surface area contributed by atoms with Gasteiger partial charge in [0, 0.05) is 0 Å². The zero-order chi connectivity index (χ0) is 23.3. The zero-order valence-electron chi connectivity index (χ0n) is 17.2. The van der Waals surface area contributed by atoms with E-state index in [-0.39, 0.29) is 27.8 Å². The fourth-order valence-electron chi connectivity index (χ4n) is 2.93. The highest BCUT2D eigenvalue weighted by molar-refractivity contribution is 6.32. The summed E-state index contributed by atoms with van der Waals surface area (Å²) >= 11 is 6.32. The van der Waals surface area contributed by atoms with E-state index in [9.17, 15) is 19.7 Å². The highest BCUT2D eigenvalue weighted by Crippen LogP contribution is 2.29. The molecule has 0 bridgehead atoms. The van der Waals surface area contributed by atoms with E-state index in [1.807, 2.05) is 30.3 Å². The maximum absolute atomic E-state index is 12.5. The molecule has 1 amide bonds. The normalized spacial score (nSPS) is 10.5. The number of esters is 1. The van der Waals surface area contributed by atoms with Gasteiger partial charge in [0.25, 0.3) is 11.6 Å². The third-order valence-electron chi connectivity index (χ3n) is 4.45. The zero-order valence-corrected chi connectivity index (χ0v) is 18.0. The Kier molecular flexibility index (Phi) is 7.06. The number of anilines is 1. The molecule has 2 aromatic carbocycles. The van der Waals surface area contributed by atoms with E-state index in [1.165, 1.54) is 30.0 Å². The number of nitro benzene ring substituents is 1. The molecule has 0 radical (unpaired) electrons. The second-order valence-corrected chi connectivity index (χ2v) is 7.02. The van der Waals surface area contributed by atoms with Gasteiger partial charge >= 0.3 is 5.97 Å². The molecule has 0 fully saturated rings. The van der Waals surface area contributed by atoms with Gasteiger partial charge in [-0.2, -0.15) is 5.10 Å². The fraction of sp³-hybridized carbons (Fsp3) is 0.190. The molecule has 32 heavy (non-hydrogen) atoms. The largest absolute Gasteiger partial charge is 0.496 e. The van der Waals surface area contributed by atoms with Crippen molar-refractivity contribution in [1.29, 1.82) is 0 Å². The molecule has 1 N–H and O–H groups in total. The second-order valence-electron chi connectivity index (χ2n) is 6.66. The Morgan fingerprint density at radius 3 is 2.59 bits per heavy atom. The van der Waals surface area contributed by atoms with Gasteiger partial charge in [-0.25, -0.2) is 9.48 Å². The fourth-order valence-corrected chi connectivity index (χ4v) is 3.24. The Labute approximate surface area is 187 Å². The molecule has 1 heterocycles. The number of nitro groups is 1. The average molecular weight is 459 g/mol.